The lowest BCUT2D eigenvalue weighted by atomic mass is 10.3. The maximum Gasteiger partial charge on any atom is 0.237 e. The summed E-state index contributed by atoms with van der Waals surface area (Å²) in [6, 6.07) is 0. The van der Waals surface area contributed by atoms with Crippen LogP contribution in [0.5, 0.6) is 0 Å². The molecule has 0 aliphatic carbocycles. The van der Waals surface area contributed by atoms with Gasteiger partial charge < -0.3 is 9.80 Å². The third kappa shape index (κ3) is 4.93. The molecule has 0 N–H and O–H groups in total. The molecule has 1 amide bonds. The zero-order valence-electron chi connectivity index (χ0n) is 11.7. The largest absolute Gasteiger partial charge is 0.339 e. The van der Waals surface area contributed by atoms with Crippen molar-refractivity contribution in [3.05, 3.63) is 12.7 Å². The van der Waals surface area contributed by atoms with Gasteiger partial charge in [0.2, 0.25) is 15.9 Å². The average Bonchev–Trinajstić information content (AvgIpc) is 2.37. The quantitative estimate of drug-likeness (QED) is 0.624. The highest BCUT2D eigenvalue weighted by Crippen LogP contribution is 2.05. The summed E-state index contributed by atoms with van der Waals surface area (Å²) < 4.78 is 24.2. The van der Waals surface area contributed by atoms with E-state index in [2.05, 4.69) is 18.4 Å². The highest BCUT2D eigenvalue weighted by molar-refractivity contribution is 7.88. The zero-order valence-corrected chi connectivity index (χ0v) is 12.5. The molecule has 0 radical (unpaired) electrons. The van der Waals surface area contributed by atoms with Gasteiger partial charge >= 0.3 is 0 Å². The third-order valence-corrected chi connectivity index (χ3v) is 4.50. The van der Waals surface area contributed by atoms with Crippen LogP contribution in [0.15, 0.2) is 12.7 Å². The van der Waals surface area contributed by atoms with Crippen LogP contribution in [-0.4, -0.2) is 80.5 Å². The predicted octanol–water partition coefficient (Wildman–Crippen LogP) is -0.402. The SMILES string of the molecule is C=CCN(CC(=O)N1CCN(CC)CC1)S(C)(=O)=O. The van der Waals surface area contributed by atoms with E-state index in [1.165, 1.54) is 6.08 Å². The summed E-state index contributed by atoms with van der Waals surface area (Å²) in [5.41, 5.74) is 0. The van der Waals surface area contributed by atoms with E-state index in [4.69, 9.17) is 0 Å². The molecule has 0 aromatic carbocycles. The first-order valence-corrected chi connectivity index (χ1v) is 8.29. The Labute approximate surface area is 115 Å². The lowest BCUT2D eigenvalue weighted by Gasteiger charge is -2.34. The number of hydrogen-bond donors (Lipinski definition) is 0. The maximum absolute atomic E-state index is 12.1. The molecule has 110 valence electrons. The van der Waals surface area contributed by atoms with Gasteiger partial charge in [-0.25, -0.2) is 8.42 Å². The summed E-state index contributed by atoms with van der Waals surface area (Å²) in [6.45, 7) is 9.68. The highest BCUT2D eigenvalue weighted by atomic mass is 32.2. The minimum Gasteiger partial charge on any atom is -0.339 e. The molecule has 0 aromatic rings. The Kier molecular flexibility index (Phi) is 5.96. The number of likely N-dealkylation sites (N-methyl/N-ethyl adjacent to an activating group) is 1. The van der Waals surface area contributed by atoms with Crippen LogP contribution >= 0.6 is 0 Å². The van der Waals surface area contributed by atoms with Gasteiger partial charge in [-0.05, 0) is 6.54 Å². The van der Waals surface area contributed by atoms with Gasteiger partial charge in [0.05, 0.1) is 12.8 Å². The fourth-order valence-electron chi connectivity index (χ4n) is 2.03. The van der Waals surface area contributed by atoms with Gasteiger partial charge in [-0.15, -0.1) is 6.58 Å². The van der Waals surface area contributed by atoms with Gasteiger partial charge in [-0.1, -0.05) is 13.0 Å². The molecule has 0 unspecified atom stereocenters. The minimum atomic E-state index is -3.37. The maximum atomic E-state index is 12.1. The van der Waals surface area contributed by atoms with Crippen molar-refractivity contribution in [2.75, 3.05) is 52.1 Å². The van der Waals surface area contributed by atoms with E-state index >= 15 is 0 Å². The second-order valence-electron chi connectivity index (χ2n) is 4.66. The van der Waals surface area contributed by atoms with E-state index in [1.54, 1.807) is 4.90 Å². The van der Waals surface area contributed by atoms with Crippen LogP contribution in [0.3, 0.4) is 0 Å². The fraction of sp³-hybridized carbons (Fsp3) is 0.750. The molecule has 1 rings (SSSR count). The number of piperazine rings is 1. The summed E-state index contributed by atoms with van der Waals surface area (Å²) in [4.78, 5) is 16.1. The molecular weight excluding hydrogens is 266 g/mol. The number of carbonyl (C=O) groups is 1. The number of rotatable bonds is 6. The van der Waals surface area contributed by atoms with Crippen LogP contribution in [0, 0.1) is 0 Å². The Hall–Kier alpha value is -0.920. The van der Waals surface area contributed by atoms with Crippen LogP contribution in [0.2, 0.25) is 0 Å². The molecule has 1 fully saturated rings. The average molecular weight is 289 g/mol. The van der Waals surface area contributed by atoms with Crippen molar-refractivity contribution in [1.29, 1.82) is 0 Å². The Morgan fingerprint density at radius 3 is 2.32 bits per heavy atom. The number of sulfonamides is 1. The third-order valence-electron chi connectivity index (χ3n) is 3.29. The molecular formula is C12H23N3O3S. The second kappa shape index (κ2) is 7.02. The molecule has 0 spiro atoms. The molecule has 19 heavy (non-hydrogen) atoms. The Morgan fingerprint density at radius 1 is 1.32 bits per heavy atom. The Bertz CT molecular complexity index is 414. The fourth-order valence-corrected chi connectivity index (χ4v) is 2.75. The summed E-state index contributed by atoms with van der Waals surface area (Å²) in [6.07, 6.45) is 2.60. The van der Waals surface area contributed by atoms with E-state index in [1.807, 2.05) is 0 Å². The molecule has 0 saturated carbocycles. The molecule has 1 aliphatic heterocycles. The van der Waals surface area contributed by atoms with Gasteiger partial charge in [-0.3, -0.25) is 4.79 Å². The van der Waals surface area contributed by atoms with Crippen LogP contribution in [0.25, 0.3) is 0 Å². The Balaban J connectivity index is 2.56. The van der Waals surface area contributed by atoms with E-state index in [0.29, 0.717) is 13.1 Å². The first kappa shape index (κ1) is 16.1. The highest BCUT2D eigenvalue weighted by Gasteiger charge is 2.24. The number of hydrogen-bond acceptors (Lipinski definition) is 4. The lowest BCUT2D eigenvalue weighted by Crippen LogP contribution is -2.51. The molecule has 7 heteroatoms. The number of carbonyl (C=O) groups excluding carboxylic acids is 1. The molecule has 1 heterocycles. The molecule has 1 aliphatic rings. The van der Waals surface area contributed by atoms with Crippen molar-refractivity contribution < 1.29 is 13.2 Å². The molecule has 0 bridgehead atoms. The van der Waals surface area contributed by atoms with Gasteiger partial charge in [0.1, 0.15) is 0 Å². The monoisotopic (exact) mass is 289 g/mol. The minimum absolute atomic E-state index is 0.100. The molecule has 0 atom stereocenters. The summed E-state index contributed by atoms with van der Waals surface area (Å²) in [7, 11) is -3.37. The zero-order chi connectivity index (χ0) is 14.5. The van der Waals surface area contributed by atoms with Gasteiger partial charge in [0.25, 0.3) is 0 Å². The van der Waals surface area contributed by atoms with Crippen LogP contribution < -0.4 is 0 Å². The number of amides is 1. The van der Waals surface area contributed by atoms with E-state index in [9.17, 15) is 13.2 Å². The predicted molar refractivity (Wildman–Crippen MR) is 75.3 cm³/mol. The van der Waals surface area contributed by atoms with Gasteiger partial charge in [-0.2, -0.15) is 4.31 Å². The smallest absolute Gasteiger partial charge is 0.237 e. The van der Waals surface area contributed by atoms with Crippen molar-refractivity contribution in [2.45, 2.75) is 6.92 Å². The summed E-state index contributed by atoms with van der Waals surface area (Å²) >= 11 is 0. The summed E-state index contributed by atoms with van der Waals surface area (Å²) in [5, 5.41) is 0. The lowest BCUT2D eigenvalue weighted by molar-refractivity contribution is -0.133. The molecule has 1 saturated heterocycles. The topological polar surface area (TPSA) is 60.9 Å². The van der Waals surface area contributed by atoms with Crippen molar-refractivity contribution in [2.24, 2.45) is 0 Å². The summed E-state index contributed by atoms with van der Waals surface area (Å²) in [5.74, 6) is -0.136. The van der Waals surface area contributed by atoms with Crippen molar-refractivity contribution >= 4 is 15.9 Å². The van der Waals surface area contributed by atoms with Crippen LogP contribution in [0.1, 0.15) is 6.92 Å². The first-order valence-electron chi connectivity index (χ1n) is 6.44. The molecule has 0 aromatic heterocycles. The van der Waals surface area contributed by atoms with Crippen LogP contribution in [-0.2, 0) is 14.8 Å². The van der Waals surface area contributed by atoms with Crippen molar-refractivity contribution in [3.8, 4) is 0 Å². The van der Waals surface area contributed by atoms with Gasteiger partial charge in [0.15, 0.2) is 0 Å². The molecule has 6 nitrogen and oxygen atoms in total. The van der Waals surface area contributed by atoms with Crippen LogP contribution in [0.4, 0.5) is 0 Å². The Morgan fingerprint density at radius 2 is 1.89 bits per heavy atom. The second-order valence-corrected chi connectivity index (χ2v) is 6.64. The normalized spacial score (nSPS) is 17.7. The number of nitrogens with zero attached hydrogens (tertiary/aromatic N) is 3. The van der Waals surface area contributed by atoms with E-state index in [0.717, 1.165) is 30.2 Å². The van der Waals surface area contributed by atoms with E-state index < -0.39 is 10.0 Å². The van der Waals surface area contributed by atoms with Crippen molar-refractivity contribution in [3.63, 3.8) is 0 Å². The first-order chi connectivity index (χ1) is 8.88. The van der Waals surface area contributed by atoms with Crippen molar-refractivity contribution in [1.82, 2.24) is 14.1 Å². The standard InChI is InChI=1S/C12H23N3O3S/c1-4-6-15(19(3,17)18)11-12(16)14-9-7-13(5-2)8-10-14/h4H,1,5-11H2,2-3H3. The van der Waals surface area contributed by atoms with E-state index in [-0.39, 0.29) is 19.0 Å². The van der Waals surface area contributed by atoms with Gasteiger partial charge in [0, 0.05) is 32.7 Å².